The average Bonchev–Trinajstić information content (AvgIpc) is 3.53. The van der Waals surface area contributed by atoms with Gasteiger partial charge < -0.3 is 45.0 Å². The highest BCUT2D eigenvalue weighted by atomic mass is 33.1. The fourth-order valence-corrected chi connectivity index (χ4v) is 11.3. The van der Waals surface area contributed by atoms with Crippen molar-refractivity contribution in [3.63, 3.8) is 0 Å². The van der Waals surface area contributed by atoms with Crippen LogP contribution in [0, 0.1) is 0 Å². The molecular formula is C20H37BN3O14P3S3. The first kappa shape index (κ1) is 38.6. The number of amides is 3. The molecule has 8 atom stereocenters. The van der Waals surface area contributed by atoms with Gasteiger partial charge in [0.1, 0.15) is 19.9 Å². The van der Waals surface area contributed by atoms with Gasteiger partial charge in [0.05, 0.1) is 24.8 Å². The molecule has 0 aromatic rings. The van der Waals surface area contributed by atoms with E-state index in [1.165, 1.54) is 21.6 Å². The van der Waals surface area contributed by atoms with Crippen molar-refractivity contribution in [1.82, 2.24) is 16.0 Å². The standard InChI is InChI=1S/C20H37BN3O14P3S3/c1-20(2,10-22-17(25)6-4-3-5-15-18-12(9-42-15)23-19(26)24-18)44-43-11-34-13-7-16(21)36-14(13)8-35-40(30,31)38-41(32,33)37-39(27,28)29/h12-16,18H,3-11H2,1-2H3,(H,22,25)(H,30,31)(H,32,33)(H2,23,24,26)(H2,27,28,29)/t12?,13-,14-,15?,16-,18?/m1/s1. The minimum atomic E-state index is -5.64. The van der Waals surface area contributed by atoms with E-state index in [-0.39, 0.29) is 41.1 Å². The second kappa shape index (κ2) is 16.5. The molecule has 7 N–H and O–H groups in total. The zero-order valence-electron chi connectivity index (χ0n) is 23.8. The average molecular weight is 743 g/mol. The number of fused-ring (bicyclic) bond motifs is 1. The van der Waals surface area contributed by atoms with E-state index in [1.54, 1.807) is 0 Å². The van der Waals surface area contributed by atoms with Crippen LogP contribution in [0.5, 0.6) is 0 Å². The first-order valence-electron chi connectivity index (χ1n) is 13.4. The molecule has 252 valence electrons. The molecule has 3 fully saturated rings. The lowest BCUT2D eigenvalue weighted by Crippen LogP contribution is -2.37. The van der Waals surface area contributed by atoms with Crippen LogP contribution in [-0.4, -0.2) is 104 Å². The molecule has 17 nitrogen and oxygen atoms in total. The summed E-state index contributed by atoms with van der Waals surface area (Å²) < 4.78 is 57.0. The van der Waals surface area contributed by atoms with Crippen molar-refractivity contribution in [2.45, 2.75) is 86.2 Å². The number of phosphoric ester groups is 1. The number of urea groups is 1. The minimum absolute atomic E-state index is 0.0383. The highest BCUT2D eigenvalue weighted by molar-refractivity contribution is 8.77. The summed E-state index contributed by atoms with van der Waals surface area (Å²) >= 11 is 1.85. The summed E-state index contributed by atoms with van der Waals surface area (Å²) in [7, 11) is -7.82. The van der Waals surface area contributed by atoms with Gasteiger partial charge in [0.25, 0.3) is 0 Å². The van der Waals surface area contributed by atoms with Crippen LogP contribution in [0.1, 0.15) is 46.0 Å². The fraction of sp³-hybridized carbons (Fsp3) is 0.900. The zero-order chi connectivity index (χ0) is 32.8. The molecule has 3 rings (SSSR count). The Morgan fingerprint density at radius 1 is 1.16 bits per heavy atom. The van der Waals surface area contributed by atoms with E-state index in [4.69, 9.17) is 27.1 Å². The first-order chi connectivity index (χ1) is 20.3. The van der Waals surface area contributed by atoms with Gasteiger partial charge in [-0.1, -0.05) is 28.0 Å². The van der Waals surface area contributed by atoms with Crippen LogP contribution in [0.4, 0.5) is 4.79 Å². The Kier molecular flexibility index (Phi) is 14.5. The summed E-state index contributed by atoms with van der Waals surface area (Å²) in [6, 6.07) is -0.546. The molecule has 3 aliphatic rings. The van der Waals surface area contributed by atoms with Crippen molar-refractivity contribution in [2.24, 2.45) is 0 Å². The zero-order valence-corrected chi connectivity index (χ0v) is 29.0. The van der Waals surface area contributed by atoms with E-state index in [1.807, 2.05) is 25.6 Å². The molecule has 24 heteroatoms. The monoisotopic (exact) mass is 743 g/mol. The number of carbonyl (C=O) groups excluding carboxylic acids is 2. The number of ether oxygens (including phenoxy) is 2. The van der Waals surface area contributed by atoms with Gasteiger partial charge in [-0.3, -0.25) is 9.32 Å². The molecule has 0 aromatic carbocycles. The molecule has 0 saturated carbocycles. The Morgan fingerprint density at radius 2 is 1.89 bits per heavy atom. The van der Waals surface area contributed by atoms with E-state index in [0.717, 1.165) is 25.0 Å². The molecule has 5 unspecified atom stereocenters. The van der Waals surface area contributed by atoms with Gasteiger partial charge in [-0.25, -0.2) is 18.5 Å². The van der Waals surface area contributed by atoms with Crippen molar-refractivity contribution in [3.05, 3.63) is 0 Å². The van der Waals surface area contributed by atoms with Crippen LogP contribution in [0.2, 0.25) is 0 Å². The summed E-state index contributed by atoms with van der Waals surface area (Å²) in [6.07, 6.45) is 1.57. The van der Waals surface area contributed by atoms with Crippen LogP contribution in [0.25, 0.3) is 0 Å². The molecule has 3 saturated heterocycles. The second-order valence-electron chi connectivity index (χ2n) is 10.8. The maximum absolute atomic E-state index is 12.4. The largest absolute Gasteiger partial charge is 0.490 e. The van der Waals surface area contributed by atoms with Gasteiger partial charge in [0, 0.05) is 34.7 Å². The van der Waals surface area contributed by atoms with Crippen LogP contribution in [0.15, 0.2) is 0 Å². The third-order valence-corrected chi connectivity index (χ3v) is 14.7. The number of hydrogen-bond acceptors (Lipinski definition) is 13. The Hall–Kier alpha value is 0.185. The second-order valence-corrected chi connectivity index (χ2v) is 19.4. The summed E-state index contributed by atoms with van der Waals surface area (Å²) in [6.45, 7) is 3.68. The summed E-state index contributed by atoms with van der Waals surface area (Å²) in [5, 5.41) is 9.21. The first-order valence-corrected chi connectivity index (χ1v) is 21.3. The van der Waals surface area contributed by atoms with Gasteiger partial charge in [-0.05, 0) is 33.1 Å². The van der Waals surface area contributed by atoms with Gasteiger partial charge in [-0.2, -0.15) is 20.4 Å². The number of hydrogen-bond donors (Lipinski definition) is 7. The number of rotatable bonds is 19. The Balaban J connectivity index is 1.29. The van der Waals surface area contributed by atoms with Gasteiger partial charge in [0.15, 0.2) is 0 Å². The summed E-state index contributed by atoms with van der Waals surface area (Å²) in [5.74, 6) is 1.02. The molecule has 0 spiro atoms. The Bertz CT molecular complexity index is 1160. The predicted octanol–water partition coefficient (Wildman–Crippen LogP) is 1.96. The molecule has 2 radical (unpaired) electrons. The van der Waals surface area contributed by atoms with Crippen molar-refractivity contribution < 1.29 is 65.5 Å². The third-order valence-electron chi connectivity index (χ3n) is 6.45. The Labute approximate surface area is 268 Å². The molecule has 3 amide bonds. The molecule has 44 heavy (non-hydrogen) atoms. The van der Waals surface area contributed by atoms with Crippen molar-refractivity contribution >= 4 is 76.6 Å². The van der Waals surface area contributed by atoms with Crippen LogP contribution < -0.4 is 16.0 Å². The number of phosphoric acid groups is 3. The molecule has 0 bridgehead atoms. The predicted molar refractivity (Wildman–Crippen MR) is 165 cm³/mol. The van der Waals surface area contributed by atoms with Crippen molar-refractivity contribution in [1.29, 1.82) is 0 Å². The van der Waals surface area contributed by atoms with Gasteiger partial charge in [-0.15, -0.1) is 0 Å². The highest BCUT2D eigenvalue weighted by Gasteiger charge is 2.43. The number of unbranched alkanes of at least 4 members (excludes halogenated alkanes) is 1. The lowest BCUT2D eigenvalue weighted by atomic mass is 9.96. The molecule has 0 aliphatic carbocycles. The van der Waals surface area contributed by atoms with E-state index < -0.39 is 48.3 Å². The highest BCUT2D eigenvalue weighted by Crippen LogP contribution is 2.66. The molecular weight excluding hydrogens is 706 g/mol. The normalized spacial score (nSPS) is 29.8. The van der Waals surface area contributed by atoms with E-state index >= 15 is 0 Å². The fourth-order valence-electron chi connectivity index (χ4n) is 4.54. The van der Waals surface area contributed by atoms with Crippen LogP contribution in [-0.2, 0) is 41.1 Å². The third kappa shape index (κ3) is 13.7. The van der Waals surface area contributed by atoms with Gasteiger partial charge >= 0.3 is 29.5 Å². The lowest BCUT2D eigenvalue weighted by Gasteiger charge is -2.25. The Morgan fingerprint density at radius 3 is 2.59 bits per heavy atom. The van der Waals surface area contributed by atoms with Crippen LogP contribution in [0.3, 0.4) is 0 Å². The number of thioether (sulfide) groups is 1. The summed E-state index contributed by atoms with van der Waals surface area (Å²) in [4.78, 5) is 60.0. The lowest BCUT2D eigenvalue weighted by molar-refractivity contribution is -0.121. The number of carbonyl (C=O) groups is 2. The maximum Gasteiger partial charge on any atom is 0.490 e. The summed E-state index contributed by atoms with van der Waals surface area (Å²) in [5.41, 5.74) is 0. The van der Waals surface area contributed by atoms with Crippen LogP contribution >= 0.6 is 56.8 Å². The topological polar surface area (TPSA) is 249 Å². The quantitative estimate of drug-likeness (QED) is 0.0249. The molecule has 0 aromatic heterocycles. The molecule has 3 heterocycles. The SMILES string of the molecule is [B][C@H]1C[C@@H](OCSSC(C)(C)CNC(=O)CCCCC2SCC3NC(=O)NC32)[C@@H](COP(=O)(O)OP(=O)(O)OP(=O)(O)O)O1. The van der Waals surface area contributed by atoms with E-state index in [9.17, 15) is 33.1 Å². The van der Waals surface area contributed by atoms with Crippen molar-refractivity contribution in [2.75, 3.05) is 24.8 Å². The smallest absolute Gasteiger partial charge is 0.380 e. The minimum Gasteiger partial charge on any atom is -0.380 e. The number of nitrogens with one attached hydrogen (secondary N) is 3. The van der Waals surface area contributed by atoms with Crippen molar-refractivity contribution in [3.8, 4) is 0 Å². The van der Waals surface area contributed by atoms with E-state index in [2.05, 4.69) is 29.1 Å². The van der Waals surface area contributed by atoms with Gasteiger partial charge in [0.2, 0.25) is 5.91 Å². The van der Waals surface area contributed by atoms with E-state index in [0.29, 0.717) is 18.2 Å². The maximum atomic E-state index is 12.4. The molecule has 3 aliphatic heterocycles.